The lowest BCUT2D eigenvalue weighted by atomic mass is 9.89. The first-order valence-electron chi connectivity index (χ1n) is 10.3. The Hall–Kier alpha value is -2.28. The topological polar surface area (TPSA) is 58.8 Å². The predicted molar refractivity (Wildman–Crippen MR) is 110 cm³/mol. The smallest absolute Gasteiger partial charge is 0.236 e. The third-order valence-corrected chi connectivity index (χ3v) is 6.07. The van der Waals surface area contributed by atoms with Crippen molar-refractivity contribution in [1.29, 1.82) is 0 Å². The Kier molecular flexibility index (Phi) is 6.23. The number of hydrogen-bond acceptors (Lipinski definition) is 4. The highest BCUT2D eigenvalue weighted by Crippen LogP contribution is 2.32. The van der Waals surface area contributed by atoms with Gasteiger partial charge in [0.2, 0.25) is 5.91 Å². The van der Waals surface area contributed by atoms with E-state index in [1.54, 1.807) is 12.1 Å². The number of halogens is 1. The molecule has 2 fully saturated rings. The van der Waals surface area contributed by atoms with E-state index in [1.807, 2.05) is 11.0 Å². The van der Waals surface area contributed by atoms with Crippen LogP contribution in [-0.2, 0) is 9.53 Å². The fraction of sp³-hybridized carbons (Fsp3) is 0.435. The van der Waals surface area contributed by atoms with E-state index in [9.17, 15) is 9.18 Å². The Morgan fingerprint density at radius 1 is 1.03 bits per heavy atom. The number of rotatable bonds is 5. The van der Waals surface area contributed by atoms with Crippen LogP contribution < -0.4 is 5.73 Å². The summed E-state index contributed by atoms with van der Waals surface area (Å²) in [6.07, 6.45) is -0.208. The van der Waals surface area contributed by atoms with Gasteiger partial charge in [-0.25, -0.2) is 4.39 Å². The average molecular weight is 397 g/mol. The zero-order valence-electron chi connectivity index (χ0n) is 16.5. The summed E-state index contributed by atoms with van der Waals surface area (Å²) in [5, 5.41) is 0. The van der Waals surface area contributed by atoms with Gasteiger partial charge in [0.15, 0.2) is 0 Å². The van der Waals surface area contributed by atoms with Gasteiger partial charge in [-0.1, -0.05) is 42.5 Å². The largest absolute Gasteiger partial charge is 0.370 e. The molecule has 2 aromatic carbocycles. The fourth-order valence-corrected chi connectivity index (χ4v) is 4.45. The van der Waals surface area contributed by atoms with Crippen LogP contribution >= 0.6 is 0 Å². The van der Waals surface area contributed by atoms with Crippen molar-refractivity contribution in [1.82, 2.24) is 9.80 Å². The standard InChI is InChI=1S/C23H28FN3O2/c24-20-8-6-18(7-9-20)22-15-27(10-11-29-22)23(28)16-26-13-19(12-25)21(14-26)17-4-2-1-3-5-17/h1-9,19,21-22H,10-16,25H2/t19-,21+,22?/m1/s1. The molecule has 154 valence electrons. The second-order valence-electron chi connectivity index (χ2n) is 7.96. The Morgan fingerprint density at radius 2 is 1.79 bits per heavy atom. The summed E-state index contributed by atoms with van der Waals surface area (Å²) in [5.74, 6) is 0.575. The summed E-state index contributed by atoms with van der Waals surface area (Å²) in [6, 6.07) is 16.7. The average Bonchev–Trinajstić information content (AvgIpc) is 3.18. The zero-order chi connectivity index (χ0) is 20.2. The van der Waals surface area contributed by atoms with Crippen LogP contribution in [0.5, 0.6) is 0 Å². The molecule has 0 saturated carbocycles. The van der Waals surface area contributed by atoms with Gasteiger partial charge in [-0.2, -0.15) is 0 Å². The van der Waals surface area contributed by atoms with Crippen LogP contribution in [-0.4, -0.2) is 61.6 Å². The van der Waals surface area contributed by atoms with Crippen molar-refractivity contribution in [2.75, 3.05) is 45.9 Å². The maximum absolute atomic E-state index is 13.2. The minimum atomic E-state index is -0.269. The number of carbonyl (C=O) groups excluding carboxylic acids is 1. The van der Waals surface area contributed by atoms with E-state index in [-0.39, 0.29) is 17.8 Å². The van der Waals surface area contributed by atoms with Crippen molar-refractivity contribution in [2.24, 2.45) is 11.7 Å². The van der Waals surface area contributed by atoms with Crippen LogP contribution in [0.25, 0.3) is 0 Å². The highest BCUT2D eigenvalue weighted by molar-refractivity contribution is 5.78. The molecule has 0 aliphatic carbocycles. The first-order chi connectivity index (χ1) is 14.1. The first kappa shape index (κ1) is 20.0. The number of benzene rings is 2. The van der Waals surface area contributed by atoms with Gasteiger partial charge in [0.05, 0.1) is 19.7 Å². The maximum atomic E-state index is 13.2. The second kappa shape index (κ2) is 9.03. The molecule has 0 aromatic heterocycles. The minimum Gasteiger partial charge on any atom is -0.370 e. The van der Waals surface area contributed by atoms with Gasteiger partial charge >= 0.3 is 0 Å². The molecule has 6 heteroatoms. The minimum absolute atomic E-state index is 0.116. The van der Waals surface area contributed by atoms with Crippen molar-refractivity contribution in [3.63, 3.8) is 0 Å². The van der Waals surface area contributed by atoms with Gasteiger partial charge in [0, 0.05) is 25.6 Å². The molecule has 2 aliphatic heterocycles. The molecular weight excluding hydrogens is 369 g/mol. The highest BCUT2D eigenvalue weighted by Gasteiger charge is 2.35. The van der Waals surface area contributed by atoms with Crippen LogP contribution in [0.15, 0.2) is 54.6 Å². The van der Waals surface area contributed by atoms with E-state index in [0.717, 1.165) is 18.7 Å². The van der Waals surface area contributed by atoms with Gasteiger partial charge in [0.25, 0.3) is 0 Å². The van der Waals surface area contributed by atoms with Crippen LogP contribution in [0.3, 0.4) is 0 Å². The summed E-state index contributed by atoms with van der Waals surface area (Å²) in [5.41, 5.74) is 8.22. The number of morpholine rings is 1. The molecule has 4 rings (SSSR count). The number of likely N-dealkylation sites (tertiary alicyclic amines) is 1. The van der Waals surface area contributed by atoms with Crippen LogP contribution in [0.1, 0.15) is 23.1 Å². The van der Waals surface area contributed by atoms with E-state index < -0.39 is 0 Å². The van der Waals surface area contributed by atoms with Crippen LogP contribution in [0.4, 0.5) is 4.39 Å². The molecule has 1 amide bonds. The molecule has 0 spiro atoms. The van der Waals surface area contributed by atoms with E-state index in [4.69, 9.17) is 10.5 Å². The van der Waals surface area contributed by atoms with Gasteiger partial charge in [0.1, 0.15) is 11.9 Å². The number of nitrogens with two attached hydrogens (primary N) is 1. The Labute approximate surface area is 171 Å². The second-order valence-corrected chi connectivity index (χ2v) is 7.96. The van der Waals surface area contributed by atoms with Crippen molar-refractivity contribution >= 4 is 5.91 Å². The molecule has 2 aromatic rings. The summed E-state index contributed by atoms with van der Waals surface area (Å²) < 4.78 is 19.0. The van der Waals surface area contributed by atoms with Gasteiger partial charge in [-0.15, -0.1) is 0 Å². The molecule has 0 radical (unpaired) electrons. The Bertz CT molecular complexity index is 815. The van der Waals surface area contributed by atoms with E-state index in [1.165, 1.54) is 17.7 Å². The molecule has 2 heterocycles. The van der Waals surface area contributed by atoms with Crippen molar-refractivity contribution < 1.29 is 13.9 Å². The van der Waals surface area contributed by atoms with Crippen LogP contribution in [0.2, 0.25) is 0 Å². The Balaban J connectivity index is 1.37. The van der Waals surface area contributed by atoms with E-state index >= 15 is 0 Å². The summed E-state index contributed by atoms with van der Waals surface area (Å²) in [6.45, 7) is 4.29. The molecule has 5 nitrogen and oxygen atoms in total. The van der Waals surface area contributed by atoms with Crippen LogP contribution in [0, 0.1) is 11.7 Å². The zero-order valence-corrected chi connectivity index (χ0v) is 16.5. The number of ether oxygens (including phenoxy) is 1. The molecule has 2 N–H and O–H groups in total. The monoisotopic (exact) mass is 397 g/mol. The van der Waals surface area contributed by atoms with Gasteiger partial charge in [-0.3, -0.25) is 9.69 Å². The van der Waals surface area contributed by atoms with E-state index in [0.29, 0.717) is 44.6 Å². The third-order valence-electron chi connectivity index (χ3n) is 6.07. The molecule has 29 heavy (non-hydrogen) atoms. The molecule has 2 aliphatic rings. The number of hydrogen-bond donors (Lipinski definition) is 1. The lowest BCUT2D eigenvalue weighted by Crippen LogP contribution is -2.46. The number of amides is 1. The van der Waals surface area contributed by atoms with Crippen molar-refractivity contribution in [3.8, 4) is 0 Å². The van der Waals surface area contributed by atoms with Gasteiger partial charge in [-0.05, 0) is 35.7 Å². The summed E-state index contributed by atoms with van der Waals surface area (Å²) in [7, 11) is 0. The van der Waals surface area contributed by atoms with E-state index in [2.05, 4.69) is 29.2 Å². The van der Waals surface area contributed by atoms with Crippen molar-refractivity contribution in [2.45, 2.75) is 12.0 Å². The molecular formula is C23H28FN3O2. The lowest BCUT2D eigenvalue weighted by Gasteiger charge is -2.34. The maximum Gasteiger partial charge on any atom is 0.236 e. The van der Waals surface area contributed by atoms with Gasteiger partial charge < -0.3 is 15.4 Å². The molecule has 0 bridgehead atoms. The highest BCUT2D eigenvalue weighted by atomic mass is 19.1. The molecule has 3 atom stereocenters. The summed E-state index contributed by atoms with van der Waals surface area (Å²) >= 11 is 0. The molecule has 1 unspecified atom stereocenters. The first-order valence-corrected chi connectivity index (χ1v) is 10.3. The number of nitrogens with zero attached hydrogens (tertiary/aromatic N) is 2. The SMILES string of the molecule is NC[C@@H]1CN(CC(=O)N2CCOC(c3ccc(F)cc3)C2)C[C@H]1c1ccccc1. The quantitative estimate of drug-likeness (QED) is 0.842. The normalized spacial score (nSPS) is 25.3. The fourth-order valence-electron chi connectivity index (χ4n) is 4.45. The lowest BCUT2D eigenvalue weighted by molar-refractivity contribution is -0.140. The van der Waals surface area contributed by atoms with Crippen molar-refractivity contribution in [3.05, 3.63) is 71.5 Å². The Morgan fingerprint density at radius 3 is 2.52 bits per heavy atom. The number of carbonyl (C=O) groups is 1. The molecule has 2 saturated heterocycles. The predicted octanol–water partition coefficient (Wildman–Crippen LogP) is 2.40. The summed E-state index contributed by atoms with van der Waals surface area (Å²) in [4.78, 5) is 17.0. The third kappa shape index (κ3) is 4.66.